The fourth-order valence-corrected chi connectivity index (χ4v) is 4.29. The molecule has 2 heterocycles. The zero-order valence-corrected chi connectivity index (χ0v) is 16.2. The maximum Gasteiger partial charge on any atom is 0.410 e. The van der Waals surface area contributed by atoms with Gasteiger partial charge in [-0.05, 0) is 48.7 Å². The van der Waals surface area contributed by atoms with E-state index in [1.165, 1.54) is 11.3 Å². The van der Waals surface area contributed by atoms with Crippen molar-refractivity contribution in [1.29, 1.82) is 0 Å². The summed E-state index contributed by atoms with van der Waals surface area (Å²) >= 11 is 4.87. The van der Waals surface area contributed by atoms with Crippen molar-refractivity contribution in [1.82, 2.24) is 4.90 Å². The molecular formula is C16H22BrNO5S. The Balaban J connectivity index is 1.91. The molecule has 0 bridgehead atoms. The molecule has 1 aliphatic rings. The normalized spacial score (nSPS) is 18.0. The van der Waals surface area contributed by atoms with Gasteiger partial charge in [-0.3, -0.25) is 0 Å². The van der Waals surface area contributed by atoms with Crippen molar-refractivity contribution in [3.05, 3.63) is 20.3 Å². The molecule has 0 saturated carbocycles. The Morgan fingerprint density at radius 1 is 1.58 bits per heavy atom. The highest BCUT2D eigenvalue weighted by Gasteiger charge is 2.28. The predicted octanol–water partition coefficient (Wildman–Crippen LogP) is 3.21. The number of aryl methyl sites for hydroxylation is 1. The first-order valence-electron chi connectivity index (χ1n) is 7.95. The van der Waals surface area contributed by atoms with Crippen LogP contribution in [0.25, 0.3) is 0 Å². The van der Waals surface area contributed by atoms with Crippen molar-refractivity contribution in [3.8, 4) is 0 Å². The number of ether oxygens (including phenoxy) is 2. The summed E-state index contributed by atoms with van der Waals surface area (Å²) < 4.78 is 11.1. The van der Waals surface area contributed by atoms with Crippen molar-refractivity contribution < 1.29 is 24.2 Å². The number of halogens is 1. The van der Waals surface area contributed by atoms with Crippen LogP contribution in [0, 0.1) is 0 Å². The number of aliphatic hydroxyl groups is 1. The minimum absolute atomic E-state index is 0.0526. The van der Waals surface area contributed by atoms with Crippen LogP contribution in [0.15, 0.2) is 10.5 Å². The molecule has 1 fully saturated rings. The molecule has 1 unspecified atom stereocenters. The van der Waals surface area contributed by atoms with Gasteiger partial charge in [-0.2, -0.15) is 0 Å². The minimum Gasteiger partial charge on any atom is -0.459 e. The van der Waals surface area contributed by atoms with Gasteiger partial charge in [-0.25, -0.2) is 9.59 Å². The molecule has 1 aromatic rings. The van der Waals surface area contributed by atoms with Crippen LogP contribution in [0.5, 0.6) is 0 Å². The minimum atomic E-state index is -0.369. The third-order valence-electron chi connectivity index (χ3n) is 3.67. The topological polar surface area (TPSA) is 76.1 Å². The van der Waals surface area contributed by atoms with Gasteiger partial charge >= 0.3 is 12.1 Å². The zero-order valence-electron chi connectivity index (χ0n) is 13.8. The van der Waals surface area contributed by atoms with Gasteiger partial charge in [0.05, 0.1) is 25.4 Å². The zero-order chi connectivity index (χ0) is 17.7. The highest BCUT2D eigenvalue weighted by atomic mass is 79.9. The predicted molar refractivity (Wildman–Crippen MR) is 94.4 cm³/mol. The van der Waals surface area contributed by atoms with Crippen molar-refractivity contribution in [3.63, 3.8) is 0 Å². The van der Waals surface area contributed by atoms with Crippen LogP contribution in [0.3, 0.4) is 0 Å². The second-order valence-electron chi connectivity index (χ2n) is 5.87. The van der Waals surface area contributed by atoms with Crippen LogP contribution in [-0.4, -0.2) is 54.0 Å². The van der Waals surface area contributed by atoms with Crippen LogP contribution < -0.4 is 0 Å². The Morgan fingerprint density at radius 2 is 2.33 bits per heavy atom. The van der Waals surface area contributed by atoms with Crippen LogP contribution in [0.2, 0.25) is 0 Å². The Hall–Kier alpha value is -1.12. The average molecular weight is 420 g/mol. The number of hydrogen-bond donors (Lipinski definition) is 1. The summed E-state index contributed by atoms with van der Waals surface area (Å²) in [6.45, 7) is 4.45. The van der Waals surface area contributed by atoms with Crippen molar-refractivity contribution in [2.45, 2.75) is 45.3 Å². The fraction of sp³-hybridized carbons (Fsp3) is 0.625. The standard InChI is InChI=1S/C16H22BrNO5S/c1-10(2)23-15(20)14-8-12(17)13(24-14)4-3-6-18-11(9-19)5-7-22-16(18)21/h8,10-11,19H,3-7,9H2,1-2H3. The Kier molecular flexibility index (Phi) is 7.06. The van der Waals surface area contributed by atoms with E-state index in [2.05, 4.69) is 15.9 Å². The molecule has 1 saturated heterocycles. The molecule has 6 nitrogen and oxygen atoms in total. The van der Waals surface area contributed by atoms with E-state index < -0.39 is 0 Å². The van der Waals surface area contributed by atoms with Crippen LogP contribution in [0.1, 0.15) is 41.2 Å². The molecule has 1 N–H and O–H groups in total. The number of cyclic esters (lactones) is 1. The van der Waals surface area contributed by atoms with E-state index in [4.69, 9.17) is 9.47 Å². The van der Waals surface area contributed by atoms with Crippen LogP contribution in [-0.2, 0) is 15.9 Å². The first-order valence-corrected chi connectivity index (χ1v) is 9.56. The lowest BCUT2D eigenvalue weighted by Crippen LogP contribution is -2.47. The van der Waals surface area contributed by atoms with Crippen molar-refractivity contribution in [2.24, 2.45) is 0 Å². The number of carbonyl (C=O) groups excluding carboxylic acids is 2. The number of amides is 1. The van der Waals surface area contributed by atoms with E-state index in [1.54, 1.807) is 11.0 Å². The summed E-state index contributed by atoms with van der Waals surface area (Å²) in [6, 6.07) is 1.60. The SMILES string of the molecule is CC(C)OC(=O)c1cc(Br)c(CCCN2C(=O)OCCC2CO)s1. The lowest BCUT2D eigenvalue weighted by molar-refractivity contribution is 0.0248. The number of hydrogen-bond acceptors (Lipinski definition) is 6. The van der Waals surface area contributed by atoms with Gasteiger partial charge in [0.1, 0.15) is 4.88 Å². The van der Waals surface area contributed by atoms with Crippen molar-refractivity contribution in [2.75, 3.05) is 19.8 Å². The maximum atomic E-state index is 11.9. The highest BCUT2D eigenvalue weighted by Crippen LogP contribution is 2.29. The van der Waals surface area contributed by atoms with Gasteiger partial charge < -0.3 is 19.5 Å². The summed E-state index contributed by atoms with van der Waals surface area (Å²) in [5.41, 5.74) is 0. The molecule has 0 spiro atoms. The van der Waals surface area contributed by atoms with E-state index in [9.17, 15) is 14.7 Å². The quantitative estimate of drug-likeness (QED) is 0.686. The Bertz CT molecular complexity index is 589. The molecule has 0 aliphatic carbocycles. The number of nitrogens with zero attached hydrogens (tertiary/aromatic N) is 1. The lowest BCUT2D eigenvalue weighted by atomic mass is 10.1. The molecule has 2 rings (SSSR count). The van der Waals surface area contributed by atoms with Gasteiger partial charge in [0.15, 0.2) is 0 Å². The molecule has 1 aromatic heterocycles. The molecule has 1 amide bonds. The number of carbonyl (C=O) groups is 2. The maximum absolute atomic E-state index is 11.9. The number of rotatable bonds is 7. The first-order chi connectivity index (χ1) is 11.4. The Morgan fingerprint density at radius 3 is 3.00 bits per heavy atom. The molecule has 0 aromatic carbocycles. The smallest absolute Gasteiger partial charge is 0.410 e. The monoisotopic (exact) mass is 419 g/mol. The number of aliphatic hydroxyl groups excluding tert-OH is 1. The van der Waals surface area contributed by atoms with E-state index in [0.29, 0.717) is 24.4 Å². The second kappa shape index (κ2) is 8.82. The van der Waals surface area contributed by atoms with E-state index >= 15 is 0 Å². The average Bonchev–Trinajstić information content (AvgIpc) is 2.89. The number of thiophene rings is 1. The van der Waals surface area contributed by atoms with Crippen molar-refractivity contribution >= 4 is 39.3 Å². The molecule has 134 valence electrons. The van der Waals surface area contributed by atoms with E-state index in [0.717, 1.165) is 22.2 Å². The van der Waals surface area contributed by atoms with Gasteiger partial charge in [0.25, 0.3) is 0 Å². The summed E-state index contributed by atoms with van der Waals surface area (Å²) in [5.74, 6) is -0.318. The molecule has 24 heavy (non-hydrogen) atoms. The molecule has 1 atom stereocenters. The molecular weight excluding hydrogens is 398 g/mol. The third-order valence-corrected chi connectivity index (χ3v) is 5.81. The van der Waals surface area contributed by atoms with E-state index in [-0.39, 0.29) is 30.8 Å². The summed E-state index contributed by atoms with van der Waals surface area (Å²) in [5, 5.41) is 9.37. The Labute approximate surface area is 153 Å². The summed E-state index contributed by atoms with van der Waals surface area (Å²) in [4.78, 5) is 26.9. The van der Waals surface area contributed by atoms with Crippen LogP contribution >= 0.6 is 27.3 Å². The first kappa shape index (κ1) is 19.2. The lowest BCUT2D eigenvalue weighted by Gasteiger charge is -2.33. The molecule has 1 aliphatic heterocycles. The van der Waals surface area contributed by atoms with Gasteiger partial charge in [0.2, 0.25) is 0 Å². The summed E-state index contributed by atoms with van der Waals surface area (Å²) in [6.07, 6.45) is 1.58. The van der Waals surface area contributed by atoms with Gasteiger partial charge in [-0.15, -0.1) is 11.3 Å². The van der Waals surface area contributed by atoms with E-state index in [1.807, 2.05) is 13.8 Å². The molecule has 8 heteroatoms. The molecule has 0 radical (unpaired) electrons. The summed E-state index contributed by atoms with van der Waals surface area (Å²) in [7, 11) is 0. The fourth-order valence-electron chi connectivity index (χ4n) is 2.49. The largest absolute Gasteiger partial charge is 0.459 e. The van der Waals surface area contributed by atoms with Crippen LogP contribution in [0.4, 0.5) is 4.79 Å². The van der Waals surface area contributed by atoms with Gasteiger partial charge in [0, 0.05) is 22.3 Å². The van der Waals surface area contributed by atoms with Gasteiger partial charge in [-0.1, -0.05) is 0 Å². The number of esters is 1. The highest BCUT2D eigenvalue weighted by molar-refractivity contribution is 9.10. The third kappa shape index (κ3) is 4.94. The second-order valence-corrected chi connectivity index (χ2v) is 7.86.